The van der Waals surface area contributed by atoms with Crippen LogP contribution in [0.1, 0.15) is 51.9 Å². The van der Waals surface area contributed by atoms with Crippen LogP contribution in [-0.2, 0) is 4.79 Å². The Labute approximate surface area is 122 Å². The highest BCUT2D eigenvalue weighted by atomic mass is 35.5. The van der Waals surface area contributed by atoms with Gasteiger partial charge in [-0.2, -0.15) is 0 Å². The first-order valence-corrected chi connectivity index (χ1v) is 7.75. The summed E-state index contributed by atoms with van der Waals surface area (Å²) in [5.41, 5.74) is 0. The molecule has 3 fully saturated rings. The Hall–Kier alpha value is -0.280. The molecular formula is C15H27ClN2O. The second-order valence-corrected chi connectivity index (χ2v) is 6.69. The molecule has 1 saturated heterocycles. The predicted octanol–water partition coefficient (Wildman–Crippen LogP) is 2.49. The summed E-state index contributed by atoms with van der Waals surface area (Å²) in [7, 11) is 0. The van der Waals surface area contributed by atoms with E-state index in [9.17, 15) is 4.79 Å². The molecule has 3 rings (SSSR count). The molecule has 5 atom stereocenters. The van der Waals surface area contributed by atoms with Crippen molar-refractivity contribution in [3.05, 3.63) is 0 Å². The van der Waals surface area contributed by atoms with Gasteiger partial charge in [-0.3, -0.25) is 4.79 Å². The SMILES string of the molecule is CC(NC(=O)CC1CCCN1)C1CC2CCC1C2.Cl. The average molecular weight is 287 g/mol. The minimum atomic E-state index is 0. The second kappa shape index (κ2) is 6.45. The zero-order chi connectivity index (χ0) is 12.5. The van der Waals surface area contributed by atoms with Crippen LogP contribution in [0.5, 0.6) is 0 Å². The molecule has 1 amide bonds. The Morgan fingerprint density at radius 1 is 1.32 bits per heavy atom. The number of carbonyl (C=O) groups excluding carboxylic acids is 1. The molecule has 4 heteroatoms. The summed E-state index contributed by atoms with van der Waals surface area (Å²) in [6.45, 7) is 3.30. The Morgan fingerprint density at radius 2 is 2.16 bits per heavy atom. The molecule has 0 aromatic rings. The van der Waals surface area contributed by atoms with Crippen molar-refractivity contribution in [1.82, 2.24) is 10.6 Å². The van der Waals surface area contributed by atoms with Crippen molar-refractivity contribution in [2.75, 3.05) is 6.54 Å². The zero-order valence-electron chi connectivity index (χ0n) is 11.9. The van der Waals surface area contributed by atoms with Crippen molar-refractivity contribution in [2.24, 2.45) is 17.8 Å². The molecule has 2 saturated carbocycles. The first-order valence-electron chi connectivity index (χ1n) is 7.75. The Balaban J connectivity index is 0.00000133. The van der Waals surface area contributed by atoms with Gasteiger partial charge in [-0.15, -0.1) is 12.4 Å². The van der Waals surface area contributed by atoms with Crippen molar-refractivity contribution in [3.63, 3.8) is 0 Å². The topological polar surface area (TPSA) is 41.1 Å². The van der Waals surface area contributed by atoms with Crippen molar-refractivity contribution in [3.8, 4) is 0 Å². The summed E-state index contributed by atoms with van der Waals surface area (Å²) in [6.07, 6.45) is 8.68. The van der Waals surface area contributed by atoms with Crippen LogP contribution in [0.4, 0.5) is 0 Å². The molecule has 3 aliphatic rings. The molecule has 2 bridgehead atoms. The lowest BCUT2D eigenvalue weighted by Crippen LogP contribution is -2.42. The lowest BCUT2D eigenvalue weighted by atomic mass is 9.84. The fourth-order valence-corrected chi connectivity index (χ4v) is 4.48. The van der Waals surface area contributed by atoms with E-state index in [1.165, 1.54) is 32.1 Å². The third-order valence-electron chi connectivity index (χ3n) is 5.42. The van der Waals surface area contributed by atoms with Crippen LogP contribution >= 0.6 is 12.4 Å². The number of fused-ring (bicyclic) bond motifs is 2. The third-order valence-corrected chi connectivity index (χ3v) is 5.42. The Morgan fingerprint density at radius 3 is 2.74 bits per heavy atom. The summed E-state index contributed by atoms with van der Waals surface area (Å²) in [5.74, 6) is 2.87. The van der Waals surface area contributed by atoms with Crippen LogP contribution in [0.25, 0.3) is 0 Å². The molecule has 110 valence electrons. The predicted molar refractivity (Wildman–Crippen MR) is 79.4 cm³/mol. The van der Waals surface area contributed by atoms with E-state index >= 15 is 0 Å². The number of nitrogens with one attached hydrogen (secondary N) is 2. The maximum atomic E-state index is 12.0. The van der Waals surface area contributed by atoms with Gasteiger partial charge in [0, 0.05) is 18.5 Å². The number of carbonyl (C=O) groups is 1. The molecule has 0 aromatic heterocycles. The summed E-state index contributed by atoms with van der Waals surface area (Å²) in [6, 6.07) is 0.812. The molecule has 2 aliphatic carbocycles. The molecule has 2 N–H and O–H groups in total. The minimum Gasteiger partial charge on any atom is -0.353 e. The number of halogens is 1. The van der Waals surface area contributed by atoms with Gasteiger partial charge in [0.2, 0.25) is 5.91 Å². The van der Waals surface area contributed by atoms with E-state index in [0.29, 0.717) is 18.5 Å². The minimum absolute atomic E-state index is 0. The second-order valence-electron chi connectivity index (χ2n) is 6.69. The number of hydrogen-bond acceptors (Lipinski definition) is 2. The lowest BCUT2D eigenvalue weighted by Gasteiger charge is -2.28. The molecular weight excluding hydrogens is 260 g/mol. The van der Waals surface area contributed by atoms with E-state index < -0.39 is 0 Å². The maximum absolute atomic E-state index is 12.0. The highest BCUT2D eigenvalue weighted by molar-refractivity contribution is 5.85. The lowest BCUT2D eigenvalue weighted by molar-refractivity contribution is -0.122. The van der Waals surface area contributed by atoms with Crippen LogP contribution in [0, 0.1) is 17.8 Å². The first kappa shape index (κ1) is 15.1. The van der Waals surface area contributed by atoms with Crippen molar-refractivity contribution in [1.29, 1.82) is 0 Å². The van der Waals surface area contributed by atoms with E-state index in [-0.39, 0.29) is 18.3 Å². The molecule has 0 aromatic carbocycles. The quantitative estimate of drug-likeness (QED) is 0.834. The van der Waals surface area contributed by atoms with E-state index in [4.69, 9.17) is 0 Å². The molecule has 19 heavy (non-hydrogen) atoms. The van der Waals surface area contributed by atoms with Gasteiger partial charge in [0.25, 0.3) is 0 Å². The smallest absolute Gasteiger partial charge is 0.221 e. The van der Waals surface area contributed by atoms with E-state index in [1.807, 2.05) is 0 Å². The van der Waals surface area contributed by atoms with Crippen LogP contribution in [0.2, 0.25) is 0 Å². The summed E-state index contributed by atoms with van der Waals surface area (Å²) in [5, 5.41) is 6.65. The van der Waals surface area contributed by atoms with E-state index in [1.54, 1.807) is 0 Å². The van der Waals surface area contributed by atoms with Gasteiger partial charge in [0.05, 0.1) is 0 Å². The molecule has 1 aliphatic heterocycles. The van der Waals surface area contributed by atoms with Gasteiger partial charge in [-0.1, -0.05) is 6.42 Å². The number of rotatable bonds is 4. The monoisotopic (exact) mass is 286 g/mol. The van der Waals surface area contributed by atoms with Crippen LogP contribution < -0.4 is 10.6 Å². The highest BCUT2D eigenvalue weighted by Gasteiger charge is 2.42. The fraction of sp³-hybridized carbons (Fsp3) is 0.933. The van der Waals surface area contributed by atoms with Gasteiger partial charge in [0.15, 0.2) is 0 Å². The van der Waals surface area contributed by atoms with Gasteiger partial charge < -0.3 is 10.6 Å². The van der Waals surface area contributed by atoms with Gasteiger partial charge >= 0.3 is 0 Å². The fourth-order valence-electron chi connectivity index (χ4n) is 4.48. The maximum Gasteiger partial charge on any atom is 0.221 e. The van der Waals surface area contributed by atoms with Gasteiger partial charge in [-0.25, -0.2) is 0 Å². The van der Waals surface area contributed by atoms with E-state index in [2.05, 4.69) is 17.6 Å². The van der Waals surface area contributed by atoms with Gasteiger partial charge in [0.1, 0.15) is 0 Å². The van der Waals surface area contributed by atoms with Crippen LogP contribution in [0.3, 0.4) is 0 Å². The largest absolute Gasteiger partial charge is 0.353 e. The van der Waals surface area contributed by atoms with Crippen LogP contribution in [-0.4, -0.2) is 24.5 Å². The zero-order valence-corrected chi connectivity index (χ0v) is 12.7. The molecule has 3 nitrogen and oxygen atoms in total. The molecule has 1 heterocycles. The number of amides is 1. The summed E-state index contributed by atoms with van der Waals surface area (Å²) < 4.78 is 0. The van der Waals surface area contributed by atoms with Crippen molar-refractivity contribution >= 4 is 18.3 Å². The van der Waals surface area contributed by atoms with Crippen molar-refractivity contribution < 1.29 is 4.79 Å². The van der Waals surface area contributed by atoms with E-state index in [0.717, 1.165) is 30.7 Å². The molecule has 0 spiro atoms. The molecule has 0 radical (unpaired) electrons. The normalized spacial score (nSPS) is 37.9. The first-order chi connectivity index (χ1) is 8.72. The van der Waals surface area contributed by atoms with Gasteiger partial charge in [-0.05, 0) is 63.3 Å². The Bertz CT molecular complexity index is 317. The third kappa shape index (κ3) is 3.43. The Kier molecular flexibility index (Phi) is 5.13. The number of hydrogen-bond donors (Lipinski definition) is 2. The average Bonchev–Trinajstić information content (AvgIpc) is 3.04. The van der Waals surface area contributed by atoms with Crippen molar-refractivity contribution in [2.45, 2.75) is 64.0 Å². The summed E-state index contributed by atoms with van der Waals surface area (Å²) >= 11 is 0. The van der Waals surface area contributed by atoms with Crippen LogP contribution in [0.15, 0.2) is 0 Å². The highest BCUT2D eigenvalue weighted by Crippen LogP contribution is 2.49. The standard InChI is InChI=1S/C15H26N2O.ClH/c1-10(14-8-11-4-5-12(14)7-11)17-15(18)9-13-3-2-6-16-13;/h10-14,16H,2-9H2,1H3,(H,17,18);1H. The molecule has 5 unspecified atom stereocenters. The summed E-state index contributed by atoms with van der Waals surface area (Å²) in [4.78, 5) is 12.0.